The van der Waals surface area contributed by atoms with Crippen LogP contribution in [0.25, 0.3) is 0 Å². The second-order valence-corrected chi connectivity index (χ2v) is 7.63. The van der Waals surface area contributed by atoms with E-state index in [9.17, 15) is 4.79 Å². The molecule has 2 saturated heterocycles. The predicted octanol–water partition coefficient (Wildman–Crippen LogP) is 2.52. The molecule has 144 valence electrons. The number of fused-ring (bicyclic) bond motifs is 1. The second kappa shape index (κ2) is 7.88. The molecule has 2 fully saturated rings. The summed E-state index contributed by atoms with van der Waals surface area (Å²) in [5.41, 5.74) is 1.10. The van der Waals surface area contributed by atoms with Crippen LogP contribution in [0.4, 0.5) is 0 Å². The highest BCUT2D eigenvalue weighted by Crippen LogP contribution is 2.30. The van der Waals surface area contributed by atoms with E-state index in [4.69, 9.17) is 9.26 Å². The molecule has 2 aliphatic heterocycles. The van der Waals surface area contributed by atoms with E-state index in [1.807, 2.05) is 25.7 Å². The summed E-state index contributed by atoms with van der Waals surface area (Å²) in [5, 5.41) is 4.07. The van der Waals surface area contributed by atoms with Crippen LogP contribution in [0.2, 0.25) is 0 Å². The third kappa shape index (κ3) is 3.83. The lowest BCUT2D eigenvalue weighted by atomic mass is 10.1. The Labute approximate surface area is 155 Å². The van der Waals surface area contributed by atoms with Gasteiger partial charge in [-0.2, -0.15) is 4.98 Å². The first-order chi connectivity index (χ1) is 12.4. The van der Waals surface area contributed by atoms with E-state index in [-0.39, 0.29) is 30.0 Å². The molecule has 0 N–H and O–H groups in total. The normalized spacial score (nSPS) is 25.6. The molecule has 7 heteroatoms. The van der Waals surface area contributed by atoms with Crippen molar-refractivity contribution in [2.45, 2.75) is 65.1 Å². The van der Waals surface area contributed by atoms with Gasteiger partial charge in [0, 0.05) is 31.6 Å². The molecule has 0 aliphatic carbocycles. The molecule has 0 saturated carbocycles. The molecule has 2 aliphatic rings. The molecule has 1 aromatic heterocycles. The lowest BCUT2D eigenvalue weighted by Gasteiger charge is -2.36. The molecule has 0 radical (unpaired) electrons. The number of hydrogen-bond donors (Lipinski definition) is 0. The smallest absolute Gasteiger partial charge is 0.246 e. The number of rotatable bonds is 5. The van der Waals surface area contributed by atoms with Crippen molar-refractivity contribution in [2.24, 2.45) is 0 Å². The van der Waals surface area contributed by atoms with E-state index in [1.54, 1.807) is 6.08 Å². The van der Waals surface area contributed by atoms with Gasteiger partial charge in [0.05, 0.1) is 24.8 Å². The fourth-order valence-electron chi connectivity index (χ4n) is 3.51. The van der Waals surface area contributed by atoms with E-state index in [2.05, 4.69) is 28.9 Å². The van der Waals surface area contributed by atoms with Crippen molar-refractivity contribution in [1.29, 1.82) is 0 Å². The van der Waals surface area contributed by atoms with Crippen LogP contribution in [-0.4, -0.2) is 64.2 Å². The van der Waals surface area contributed by atoms with Gasteiger partial charge in [-0.05, 0) is 20.3 Å². The number of carbonyl (C=O) groups is 1. The molecule has 0 spiro atoms. The van der Waals surface area contributed by atoms with E-state index >= 15 is 0 Å². The largest absolute Gasteiger partial charge is 0.373 e. The second-order valence-electron chi connectivity index (χ2n) is 7.63. The number of nitrogens with zero attached hydrogens (tertiary/aromatic N) is 4. The Morgan fingerprint density at radius 1 is 1.35 bits per heavy atom. The van der Waals surface area contributed by atoms with E-state index in [0.717, 1.165) is 30.9 Å². The van der Waals surface area contributed by atoms with Gasteiger partial charge in [0.1, 0.15) is 0 Å². The Morgan fingerprint density at radius 2 is 2.12 bits per heavy atom. The minimum atomic E-state index is 0.00840. The fraction of sp³-hybridized carbons (Fsp3) is 0.737. The van der Waals surface area contributed by atoms with Crippen LogP contribution in [0.1, 0.15) is 64.7 Å². The van der Waals surface area contributed by atoms with E-state index in [1.165, 1.54) is 0 Å². The van der Waals surface area contributed by atoms with Gasteiger partial charge in [-0.15, -0.1) is 0 Å². The highest BCUT2D eigenvalue weighted by atomic mass is 16.5. The summed E-state index contributed by atoms with van der Waals surface area (Å²) in [6.45, 7) is 13.0. The predicted molar refractivity (Wildman–Crippen MR) is 97.7 cm³/mol. The standard InChI is InChI=1S/C19H30N4O3/c1-6-13(4)9-17(24)23-7-8-25-16-11-22(10-15(16)23)14(5)19-20-18(12(2)3)21-26-19/h9,12,14-16H,6-8,10-11H2,1-5H3/b13-9-/t14-,15-,16+/m0/s1. The zero-order valence-electron chi connectivity index (χ0n) is 16.4. The molecular formula is C19H30N4O3. The summed E-state index contributed by atoms with van der Waals surface area (Å²) in [7, 11) is 0. The highest BCUT2D eigenvalue weighted by molar-refractivity contribution is 5.88. The van der Waals surface area contributed by atoms with Crippen LogP contribution in [0.5, 0.6) is 0 Å². The molecule has 0 unspecified atom stereocenters. The van der Waals surface area contributed by atoms with Crippen molar-refractivity contribution in [2.75, 3.05) is 26.2 Å². The quantitative estimate of drug-likeness (QED) is 0.750. The molecule has 1 aromatic rings. The monoisotopic (exact) mass is 362 g/mol. The summed E-state index contributed by atoms with van der Waals surface area (Å²) < 4.78 is 11.4. The fourth-order valence-corrected chi connectivity index (χ4v) is 3.51. The van der Waals surface area contributed by atoms with Crippen LogP contribution in [0.15, 0.2) is 16.2 Å². The Bertz CT molecular complexity index is 669. The van der Waals surface area contributed by atoms with Crippen molar-refractivity contribution in [3.05, 3.63) is 23.4 Å². The van der Waals surface area contributed by atoms with Gasteiger partial charge < -0.3 is 14.2 Å². The minimum Gasteiger partial charge on any atom is -0.373 e. The third-order valence-corrected chi connectivity index (χ3v) is 5.42. The highest BCUT2D eigenvalue weighted by Gasteiger charge is 2.43. The number of carbonyl (C=O) groups excluding carboxylic acids is 1. The number of allylic oxidation sites excluding steroid dienone is 1. The third-order valence-electron chi connectivity index (χ3n) is 5.42. The Balaban J connectivity index is 1.71. The van der Waals surface area contributed by atoms with Gasteiger partial charge in [-0.3, -0.25) is 9.69 Å². The van der Waals surface area contributed by atoms with Gasteiger partial charge in [0.2, 0.25) is 11.8 Å². The van der Waals surface area contributed by atoms with Crippen molar-refractivity contribution in [1.82, 2.24) is 19.9 Å². The zero-order valence-corrected chi connectivity index (χ0v) is 16.4. The average Bonchev–Trinajstić information content (AvgIpc) is 3.27. The Morgan fingerprint density at radius 3 is 2.77 bits per heavy atom. The number of morpholine rings is 1. The first-order valence-corrected chi connectivity index (χ1v) is 9.57. The van der Waals surface area contributed by atoms with Crippen LogP contribution < -0.4 is 0 Å². The molecule has 0 aromatic carbocycles. The van der Waals surface area contributed by atoms with E-state index < -0.39 is 0 Å². The van der Waals surface area contributed by atoms with Crippen LogP contribution in [0.3, 0.4) is 0 Å². The van der Waals surface area contributed by atoms with Crippen LogP contribution in [0, 0.1) is 0 Å². The summed E-state index contributed by atoms with van der Waals surface area (Å²) in [6, 6.07) is 0.0844. The number of amides is 1. The molecule has 26 heavy (non-hydrogen) atoms. The van der Waals surface area contributed by atoms with Crippen LogP contribution in [-0.2, 0) is 9.53 Å². The number of hydrogen-bond acceptors (Lipinski definition) is 6. The van der Waals surface area contributed by atoms with Crippen molar-refractivity contribution in [3.8, 4) is 0 Å². The lowest BCUT2D eigenvalue weighted by Crippen LogP contribution is -2.52. The molecule has 0 bridgehead atoms. The first kappa shape index (κ1) is 19.0. The maximum Gasteiger partial charge on any atom is 0.246 e. The van der Waals surface area contributed by atoms with Gasteiger partial charge in [0.15, 0.2) is 5.82 Å². The maximum absolute atomic E-state index is 12.7. The molecular weight excluding hydrogens is 332 g/mol. The first-order valence-electron chi connectivity index (χ1n) is 9.57. The van der Waals surface area contributed by atoms with Gasteiger partial charge >= 0.3 is 0 Å². The van der Waals surface area contributed by atoms with E-state index in [0.29, 0.717) is 19.0 Å². The van der Waals surface area contributed by atoms with Crippen molar-refractivity contribution >= 4 is 5.91 Å². The SMILES string of the molecule is CC/C(C)=C\C(=O)N1CCO[C@@H]2CN([C@@H](C)c3nc(C(C)C)no3)C[C@@H]21. The molecule has 3 rings (SSSR count). The molecule has 1 amide bonds. The zero-order chi connectivity index (χ0) is 18.8. The van der Waals surface area contributed by atoms with Gasteiger partial charge in [-0.25, -0.2) is 0 Å². The molecule has 3 heterocycles. The summed E-state index contributed by atoms with van der Waals surface area (Å²) in [4.78, 5) is 21.4. The van der Waals surface area contributed by atoms with Gasteiger partial charge in [-0.1, -0.05) is 31.5 Å². The number of ether oxygens (including phenoxy) is 1. The Kier molecular flexibility index (Phi) is 5.77. The average molecular weight is 362 g/mol. The topological polar surface area (TPSA) is 71.7 Å². The van der Waals surface area contributed by atoms with Gasteiger partial charge in [0.25, 0.3) is 0 Å². The van der Waals surface area contributed by atoms with Crippen molar-refractivity contribution < 1.29 is 14.1 Å². The van der Waals surface area contributed by atoms with Crippen molar-refractivity contribution in [3.63, 3.8) is 0 Å². The maximum atomic E-state index is 12.7. The Hall–Kier alpha value is -1.73. The summed E-state index contributed by atoms with van der Waals surface area (Å²) in [5.74, 6) is 1.70. The molecule has 7 nitrogen and oxygen atoms in total. The lowest BCUT2D eigenvalue weighted by molar-refractivity contribution is -0.137. The minimum absolute atomic E-state index is 0.00840. The number of likely N-dealkylation sites (tertiary alicyclic amines) is 1. The molecule has 3 atom stereocenters. The summed E-state index contributed by atoms with van der Waals surface area (Å²) in [6.07, 6.45) is 2.70. The number of aromatic nitrogens is 2. The van der Waals surface area contributed by atoms with Crippen LogP contribution >= 0.6 is 0 Å². The summed E-state index contributed by atoms with van der Waals surface area (Å²) >= 11 is 0.